The number of hydrogen-bond donors (Lipinski definition) is 3. The van der Waals surface area contributed by atoms with Crippen molar-refractivity contribution < 1.29 is 14.4 Å². The number of hydrazone groups is 1. The quantitative estimate of drug-likeness (QED) is 0.163. The number of nitrogens with one attached hydrogen (secondary N) is 3. The van der Waals surface area contributed by atoms with Crippen LogP contribution in [0.3, 0.4) is 0 Å². The number of anilines is 5. The molecule has 0 saturated carbocycles. The van der Waals surface area contributed by atoms with Crippen LogP contribution in [0.1, 0.15) is 5.56 Å². The highest BCUT2D eigenvalue weighted by atomic mass is 16.6. The summed E-state index contributed by atoms with van der Waals surface area (Å²) in [6.45, 7) is 0. The minimum Gasteiger partial charge on any atom is -0.493 e. The van der Waals surface area contributed by atoms with Crippen LogP contribution in [0.5, 0.6) is 11.5 Å². The van der Waals surface area contributed by atoms with Crippen molar-refractivity contribution in [3.05, 3.63) is 88.5 Å². The maximum Gasteiger partial charge on any atom is 0.269 e. The van der Waals surface area contributed by atoms with E-state index in [4.69, 9.17) is 9.47 Å². The summed E-state index contributed by atoms with van der Waals surface area (Å²) in [6, 6.07) is 20.7. The number of nitro groups is 1. The minimum atomic E-state index is -0.465. The molecule has 0 fully saturated rings. The van der Waals surface area contributed by atoms with Gasteiger partial charge in [0, 0.05) is 23.5 Å². The second-order valence-electron chi connectivity index (χ2n) is 7.21. The van der Waals surface area contributed by atoms with Crippen molar-refractivity contribution in [2.45, 2.75) is 0 Å². The molecule has 3 aromatic carbocycles. The molecule has 0 saturated heterocycles. The maximum atomic E-state index is 10.9. The normalized spacial score (nSPS) is 10.6. The lowest BCUT2D eigenvalue weighted by Gasteiger charge is -2.10. The fourth-order valence-electron chi connectivity index (χ4n) is 3.08. The highest BCUT2D eigenvalue weighted by molar-refractivity contribution is 5.81. The van der Waals surface area contributed by atoms with E-state index >= 15 is 0 Å². The predicted molar refractivity (Wildman–Crippen MR) is 137 cm³/mol. The second-order valence-corrected chi connectivity index (χ2v) is 7.21. The Morgan fingerprint density at radius 3 is 2.03 bits per heavy atom. The first-order valence-electron chi connectivity index (χ1n) is 10.6. The van der Waals surface area contributed by atoms with Gasteiger partial charge in [-0.1, -0.05) is 18.2 Å². The minimum absolute atomic E-state index is 0.0190. The van der Waals surface area contributed by atoms with E-state index in [1.165, 1.54) is 12.1 Å². The molecular formula is C24H22N8O4. The summed E-state index contributed by atoms with van der Waals surface area (Å²) in [5.41, 5.74) is 4.90. The molecule has 0 atom stereocenters. The molecule has 12 heteroatoms. The predicted octanol–water partition coefficient (Wildman–Crippen LogP) is 4.73. The van der Waals surface area contributed by atoms with Crippen LogP contribution in [0.2, 0.25) is 0 Å². The van der Waals surface area contributed by atoms with Gasteiger partial charge in [0.2, 0.25) is 17.8 Å². The van der Waals surface area contributed by atoms with Crippen LogP contribution < -0.4 is 25.5 Å². The number of methoxy groups -OCH3 is 2. The molecule has 1 heterocycles. The van der Waals surface area contributed by atoms with Gasteiger partial charge in [-0.05, 0) is 48.0 Å². The number of hydrogen-bond acceptors (Lipinski definition) is 11. The van der Waals surface area contributed by atoms with Gasteiger partial charge in [-0.15, -0.1) is 0 Å². The van der Waals surface area contributed by atoms with E-state index in [0.717, 1.165) is 11.3 Å². The van der Waals surface area contributed by atoms with Gasteiger partial charge >= 0.3 is 0 Å². The first kappa shape index (κ1) is 23.9. The number of benzene rings is 3. The summed E-state index contributed by atoms with van der Waals surface area (Å²) in [7, 11) is 3.12. The first-order chi connectivity index (χ1) is 17.5. The van der Waals surface area contributed by atoms with E-state index in [9.17, 15) is 10.1 Å². The molecule has 0 bridgehead atoms. The van der Waals surface area contributed by atoms with Crippen molar-refractivity contribution in [2.24, 2.45) is 5.10 Å². The smallest absolute Gasteiger partial charge is 0.269 e. The lowest BCUT2D eigenvalue weighted by Crippen LogP contribution is -2.07. The molecule has 1 aromatic heterocycles. The number of ether oxygens (including phenoxy) is 2. The van der Waals surface area contributed by atoms with Crippen molar-refractivity contribution in [3.63, 3.8) is 0 Å². The van der Waals surface area contributed by atoms with E-state index in [-0.39, 0.29) is 23.5 Å². The van der Waals surface area contributed by atoms with Crippen molar-refractivity contribution in [1.82, 2.24) is 15.0 Å². The monoisotopic (exact) mass is 486 g/mol. The van der Waals surface area contributed by atoms with E-state index in [1.807, 2.05) is 36.4 Å². The van der Waals surface area contributed by atoms with Crippen molar-refractivity contribution in [1.29, 1.82) is 0 Å². The van der Waals surface area contributed by atoms with Crippen LogP contribution in [0.25, 0.3) is 0 Å². The molecule has 0 aliphatic heterocycles. The number of rotatable bonds is 10. The van der Waals surface area contributed by atoms with E-state index < -0.39 is 4.92 Å². The number of nitro benzene ring substituents is 1. The third-order valence-electron chi connectivity index (χ3n) is 4.79. The van der Waals surface area contributed by atoms with Gasteiger partial charge < -0.3 is 20.1 Å². The number of para-hydroxylation sites is 1. The molecule has 0 aliphatic rings. The van der Waals surface area contributed by atoms with Crippen LogP contribution in [0.4, 0.5) is 34.9 Å². The van der Waals surface area contributed by atoms with E-state index in [0.29, 0.717) is 17.2 Å². The second kappa shape index (κ2) is 11.2. The highest BCUT2D eigenvalue weighted by Gasteiger charge is 2.09. The highest BCUT2D eigenvalue weighted by Crippen LogP contribution is 2.27. The van der Waals surface area contributed by atoms with Gasteiger partial charge in [-0.2, -0.15) is 20.1 Å². The molecule has 12 nitrogen and oxygen atoms in total. The fraction of sp³-hybridized carbons (Fsp3) is 0.0833. The zero-order chi connectivity index (χ0) is 25.3. The number of non-ortho nitro benzene ring substituents is 1. The summed E-state index contributed by atoms with van der Waals surface area (Å²) in [6.07, 6.45) is 1.58. The Kier molecular flexibility index (Phi) is 7.46. The molecule has 4 aromatic rings. The summed E-state index contributed by atoms with van der Waals surface area (Å²) in [5, 5.41) is 21.3. The van der Waals surface area contributed by atoms with Crippen molar-refractivity contribution >= 4 is 41.1 Å². The molecule has 0 spiro atoms. The topological polar surface area (TPSA) is 149 Å². The fourth-order valence-corrected chi connectivity index (χ4v) is 3.08. The molecule has 36 heavy (non-hydrogen) atoms. The van der Waals surface area contributed by atoms with Crippen LogP contribution in [0.15, 0.2) is 77.9 Å². The molecular weight excluding hydrogens is 464 g/mol. The van der Waals surface area contributed by atoms with Gasteiger partial charge in [0.05, 0.1) is 25.4 Å². The summed E-state index contributed by atoms with van der Waals surface area (Å²) >= 11 is 0. The zero-order valence-corrected chi connectivity index (χ0v) is 19.4. The third-order valence-corrected chi connectivity index (χ3v) is 4.79. The number of nitrogens with zero attached hydrogens (tertiary/aromatic N) is 5. The van der Waals surface area contributed by atoms with Crippen LogP contribution in [-0.2, 0) is 0 Å². The lowest BCUT2D eigenvalue weighted by atomic mass is 10.2. The molecule has 182 valence electrons. The molecule has 3 N–H and O–H groups in total. The summed E-state index contributed by atoms with van der Waals surface area (Å²) in [4.78, 5) is 23.5. The Morgan fingerprint density at radius 1 is 0.806 bits per heavy atom. The van der Waals surface area contributed by atoms with Gasteiger partial charge in [0.25, 0.3) is 5.69 Å². The van der Waals surface area contributed by atoms with Crippen LogP contribution >= 0.6 is 0 Å². The molecule has 4 rings (SSSR count). The Morgan fingerprint density at radius 2 is 1.42 bits per heavy atom. The van der Waals surface area contributed by atoms with E-state index in [2.05, 4.69) is 36.1 Å². The van der Waals surface area contributed by atoms with Gasteiger partial charge in [0.1, 0.15) is 0 Å². The Hall–Kier alpha value is -5.26. The Balaban J connectivity index is 1.57. The number of aromatic nitrogens is 3. The zero-order valence-electron chi connectivity index (χ0n) is 19.4. The van der Waals surface area contributed by atoms with Gasteiger partial charge in [-0.25, -0.2) is 5.43 Å². The first-order valence-corrected chi connectivity index (χ1v) is 10.6. The Labute approximate surface area is 206 Å². The molecule has 0 radical (unpaired) electrons. The average molecular weight is 486 g/mol. The van der Waals surface area contributed by atoms with E-state index in [1.54, 1.807) is 44.7 Å². The van der Waals surface area contributed by atoms with Gasteiger partial charge in [0.15, 0.2) is 11.5 Å². The average Bonchev–Trinajstić information content (AvgIpc) is 2.89. The lowest BCUT2D eigenvalue weighted by molar-refractivity contribution is -0.384. The van der Waals surface area contributed by atoms with Crippen LogP contribution in [-0.4, -0.2) is 40.3 Å². The van der Waals surface area contributed by atoms with Gasteiger partial charge in [-0.3, -0.25) is 10.1 Å². The molecule has 0 aliphatic carbocycles. The maximum absolute atomic E-state index is 10.9. The largest absolute Gasteiger partial charge is 0.493 e. The summed E-state index contributed by atoms with van der Waals surface area (Å²) < 4.78 is 10.6. The molecule has 0 unspecified atom stereocenters. The van der Waals surface area contributed by atoms with Crippen molar-refractivity contribution in [3.8, 4) is 11.5 Å². The van der Waals surface area contributed by atoms with Crippen molar-refractivity contribution in [2.75, 3.05) is 30.3 Å². The Bertz CT molecular complexity index is 1360. The standard InChI is InChI=1S/C24H22N8O4/c1-35-20-13-8-16(14-21(20)36-2)15-25-31-24-29-22(26-17-6-4-3-5-7-17)28-23(30-24)27-18-9-11-19(12-10-18)32(33)34/h3-15H,1-2H3,(H3,26,27,28,29,30,31)/b25-15+. The summed E-state index contributed by atoms with van der Waals surface area (Å²) in [5.74, 6) is 1.83. The van der Waals surface area contributed by atoms with Crippen LogP contribution in [0, 0.1) is 10.1 Å². The SMILES string of the molecule is COc1ccc(/C=N/Nc2nc(Nc3ccccc3)nc(Nc3ccc([N+](=O)[O-])cc3)n2)cc1OC. The molecule has 0 amide bonds. The third kappa shape index (κ3) is 6.20.